The normalized spacial score (nSPS) is 10.9. The highest BCUT2D eigenvalue weighted by Gasteiger charge is 2.06. The second kappa shape index (κ2) is 6.05. The van der Waals surface area contributed by atoms with Crippen molar-refractivity contribution in [3.63, 3.8) is 0 Å². The molecule has 3 aromatic rings. The zero-order valence-electron chi connectivity index (χ0n) is 10.9. The molecule has 0 spiro atoms. The molecular weight excluding hydrogens is 324 g/mol. The molecule has 106 valence electrons. The number of hydrogen-bond acceptors (Lipinski definition) is 4. The zero-order chi connectivity index (χ0) is 14.8. The summed E-state index contributed by atoms with van der Waals surface area (Å²) < 4.78 is 2.10. The van der Waals surface area contributed by atoms with Crippen LogP contribution in [0.1, 0.15) is 15.9 Å². The molecule has 0 aliphatic rings. The fourth-order valence-electron chi connectivity index (χ4n) is 1.90. The quantitative estimate of drug-likeness (QED) is 0.722. The minimum absolute atomic E-state index is 0.406. The van der Waals surface area contributed by atoms with E-state index in [1.165, 1.54) is 0 Å². The first-order chi connectivity index (χ1) is 10.1. The van der Waals surface area contributed by atoms with Crippen LogP contribution in [-0.2, 0) is 5.75 Å². The standard InChI is InChI=1S/C15H11ClN2OS2/c16-11-4-5-13-12(7-11)18-15(21-13)20-8-9-2-1-3-10(6-9)14(17)19/h1-7H,8H2,(H2,17,19). The van der Waals surface area contributed by atoms with Gasteiger partial charge in [-0.25, -0.2) is 4.98 Å². The maximum absolute atomic E-state index is 11.2. The average molecular weight is 335 g/mol. The average Bonchev–Trinajstić information content (AvgIpc) is 2.87. The predicted molar refractivity (Wildman–Crippen MR) is 89.2 cm³/mol. The van der Waals surface area contributed by atoms with Gasteiger partial charge in [0.05, 0.1) is 10.2 Å². The van der Waals surface area contributed by atoms with Gasteiger partial charge in [0.2, 0.25) is 5.91 Å². The first-order valence-electron chi connectivity index (χ1n) is 6.19. The van der Waals surface area contributed by atoms with Crippen molar-refractivity contribution in [1.82, 2.24) is 4.98 Å². The van der Waals surface area contributed by atoms with Crippen LogP contribution in [0.3, 0.4) is 0 Å². The Bertz CT molecular complexity index is 816. The van der Waals surface area contributed by atoms with Crippen molar-refractivity contribution in [2.45, 2.75) is 10.1 Å². The number of amides is 1. The Balaban J connectivity index is 1.77. The molecule has 0 aliphatic carbocycles. The van der Waals surface area contributed by atoms with Crippen molar-refractivity contribution < 1.29 is 4.79 Å². The number of nitrogens with two attached hydrogens (primary N) is 1. The summed E-state index contributed by atoms with van der Waals surface area (Å²) in [6, 6.07) is 13.1. The number of carbonyl (C=O) groups is 1. The Hall–Kier alpha value is -1.56. The Morgan fingerprint density at radius 1 is 1.29 bits per heavy atom. The van der Waals surface area contributed by atoms with Gasteiger partial charge in [0.15, 0.2) is 4.34 Å². The molecule has 0 radical (unpaired) electrons. The molecule has 1 aromatic heterocycles. The second-order valence-electron chi connectivity index (χ2n) is 4.45. The van der Waals surface area contributed by atoms with Gasteiger partial charge in [0.25, 0.3) is 0 Å². The lowest BCUT2D eigenvalue weighted by Gasteiger charge is -2.01. The number of aromatic nitrogens is 1. The van der Waals surface area contributed by atoms with Crippen molar-refractivity contribution in [1.29, 1.82) is 0 Å². The van der Waals surface area contributed by atoms with Gasteiger partial charge in [0.1, 0.15) is 0 Å². The summed E-state index contributed by atoms with van der Waals surface area (Å²) in [5, 5.41) is 0.693. The van der Waals surface area contributed by atoms with E-state index in [9.17, 15) is 4.79 Å². The summed E-state index contributed by atoms with van der Waals surface area (Å²) in [5.74, 6) is 0.339. The molecule has 0 saturated heterocycles. The highest BCUT2D eigenvalue weighted by molar-refractivity contribution is 8.00. The van der Waals surface area contributed by atoms with Gasteiger partial charge in [-0.15, -0.1) is 11.3 Å². The van der Waals surface area contributed by atoms with Crippen LogP contribution in [0.25, 0.3) is 10.2 Å². The number of fused-ring (bicyclic) bond motifs is 1. The fraction of sp³-hybridized carbons (Fsp3) is 0.0667. The molecule has 0 fully saturated rings. The van der Waals surface area contributed by atoms with E-state index in [0.717, 1.165) is 25.9 Å². The Labute approximate surface area is 135 Å². The van der Waals surface area contributed by atoms with Crippen molar-refractivity contribution in [3.8, 4) is 0 Å². The number of hydrogen-bond donors (Lipinski definition) is 1. The van der Waals surface area contributed by atoms with Crippen LogP contribution in [-0.4, -0.2) is 10.9 Å². The topological polar surface area (TPSA) is 56.0 Å². The predicted octanol–water partition coefficient (Wildman–Crippen LogP) is 4.34. The molecule has 1 heterocycles. The molecule has 6 heteroatoms. The number of benzene rings is 2. The Morgan fingerprint density at radius 3 is 2.95 bits per heavy atom. The van der Waals surface area contributed by atoms with Crippen molar-refractivity contribution >= 4 is 50.8 Å². The van der Waals surface area contributed by atoms with E-state index < -0.39 is 5.91 Å². The van der Waals surface area contributed by atoms with Gasteiger partial charge in [-0.05, 0) is 35.9 Å². The number of primary amides is 1. The van der Waals surface area contributed by atoms with Crippen molar-refractivity contribution in [2.75, 3.05) is 0 Å². The molecular formula is C15H11ClN2OS2. The summed E-state index contributed by atoms with van der Waals surface area (Å²) >= 11 is 9.24. The summed E-state index contributed by atoms with van der Waals surface area (Å²) in [5.41, 5.74) is 7.79. The number of thiazole rings is 1. The van der Waals surface area contributed by atoms with E-state index in [4.69, 9.17) is 17.3 Å². The Kier molecular flexibility index (Phi) is 4.14. The van der Waals surface area contributed by atoms with E-state index in [2.05, 4.69) is 4.98 Å². The molecule has 21 heavy (non-hydrogen) atoms. The summed E-state index contributed by atoms with van der Waals surface area (Å²) in [6.07, 6.45) is 0. The monoisotopic (exact) mass is 334 g/mol. The molecule has 2 N–H and O–H groups in total. The fourth-order valence-corrected chi connectivity index (χ4v) is 4.06. The minimum Gasteiger partial charge on any atom is -0.366 e. The van der Waals surface area contributed by atoms with Crippen molar-refractivity contribution in [2.24, 2.45) is 5.73 Å². The third kappa shape index (κ3) is 3.37. The number of halogens is 1. The largest absolute Gasteiger partial charge is 0.366 e. The van der Waals surface area contributed by atoms with Crippen LogP contribution in [0.4, 0.5) is 0 Å². The SMILES string of the molecule is NC(=O)c1cccc(CSc2nc3cc(Cl)ccc3s2)c1. The van der Waals surface area contributed by atoms with Gasteiger partial charge in [-0.3, -0.25) is 4.79 Å². The minimum atomic E-state index is -0.406. The lowest BCUT2D eigenvalue weighted by Crippen LogP contribution is -2.10. The second-order valence-corrected chi connectivity index (χ2v) is 7.13. The smallest absolute Gasteiger partial charge is 0.248 e. The number of rotatable bonds is 4. The maximum atomic E-state index is 11.2. The van der Waals surface area contributed by atoms with Crippen LogP contribution in [0.15, 0.2) is 46.8 Å². The van der Waals surface area contributed by atoms with Crippen molar-refractivity contribution in [3.05, 3.63) is 58.6 Å². The number of nitrogens with zero attached hydrogens (tertiary/aromatic N) is 1. The molecule has 3 rings (SSSR count). The first kappa shape index (κ1) is 14.4. The van der Waals surface area contributed by atoms with Gasteiger partial charge >= 0.3 is 0 Å². The molecule has 0 atom stereocenters. The number of carbonyl (C=O) groups excluding carboxylic acids is 1. The van der Waals surface area contributed by atoms with Gasteiger partial charge < -0.3 is 5.73 Å². The molecule has 3 nitrogen and oxygen atoms in total. The van der Waals surface area contributed by atoms with E-state index >= 15 is 0 Å². The molecule has 0 unspecified atom stereocenters. The van der Waals surface area contributed by atoms with Crippen LogP contribution < -0.4 is 5.73 Å². The highest BCUT2D eigenvalue weighted by Crippen LogP contribution is 2.32. The van der Waals surface area contributed by atoms with E-state index in [-0.39, 0.29) is 0 Å². The molecule has 1 amide bonds. The van der Waals surface area contributed by atoms with Gasteiger partial charge in [0, 0.05) is 16.3 Å². The van der Waals surface area contributed by atoms with E-state index in [0.29, 0.717) is 10.6 Å². The Morgan fingerprint density at radius 2 is 2.14 bits per heavy atom. The molecule has 0 bridgehead atoms. The zero-order valence-corrected chi connectivity index (χ0v) is 13.3. The number of thioether (sulfide) groups is 1. The lowest BCUT2D eigenvalue weighted by molar-refractivity contribution is 0.1000. The first-order valence-corrected chi connectivity index (χ1v) is 8.37. The van der Waals surface area contributed by atoms with Crippen LogP contribution >= 0.6 is 34.7 Å². The van der Waals surface area contributed by atoms with Gasteiger partial charge in [-0.1, -0.05) is 35.5 Å². The van der Waals surface area contributed by atoms with E-state index in [1.807, 2.05) is 36.4 Å². The van der Waals surface area contributed by atoms with Crippen LogP contribution in [0, 0.1) is 0 Å². The van der Waals surface area contributed by atoms with Gasteiger partial charge in [-0.2, -0.15) is 0 Å². The van der Waals surface area contributed by atoms with Crippen LogP contribution in [0.2, 0.25) is 5.02 Å². The lowest BCUT2D eigenvalue weighted by atomic mass is 10.1. The summed E-state index contributed by atoms with van der Waals surface area (Å²) in [6.45, 7) is 0. The third-order valence-corrected chi connectivity index (χ3v) is 5.39. The third-order valence-electron chi connectivity index (χ3n) is 2.90. The summed E-state index contributed by atoms with van der Waals surface area (Å²) in [7, 11) is 0. The maximum Gasteiger partial charge on any atom is 0.248 e. The molecule has 0 saturated carbocycles. The molecule has 2 aromatic carbocycles. The highest BCUT2D eigenvalue weighted by atomic mass is 35.5. The van der Waals surface area contributed by atoms with E-state index in [1.54, 1.807) is 29.2 Å². The van der Waals surface area contributed by atoms with Crippen LogP contribution in [0.5, 0.6) is 0 Å². The molecule has 0 aliphatic heterocycles. The summed E-state index contributed by atoms with van der Waals surface area (Å²) in [4.78, 5) is 15.7.